The SMILES string of the molecule is C=C([Si])c1ccccc1C. The normalized spacial score (nSPS) is 9.40. The Morgan fingerprint density at radius 1 is 1.40 bits per heavy atom. The molecule has 0 atom stereocenters. The molecule has 0 aliphatic rings. The van der Waals surface area contributed by atoms with E-state index in [1.165, 1.54) is 11.1 Å². The fourth-order valence-corrected chi connectivity index (χ4v) is 1.19. The largest absolute Gasteiger partial charge is 0.100 e. The highest BCUT2D eigenvalue weighted by atomic mass is 28.1. The average molecular weight is 145 g/mol. The first-order valence-corrected chi connectivity index (χ1v) is 3.68. The van der Waals surface area contributed by atoms with Gasteiger partial charge in [-0.05, 0) is 18.1 Å². The predicted octanol–water partition coefficient (Wildman–Crippen LogP) is 2.13. The lowest BCUT2D eigenvalue weighted by molar-refractivity contribution is 1.44. The Labute approximate surface area is 65.0 Å². The van der Waals surface area contributed by atoms with E-state index >= 15 is 0 Å². The van der Waals surface area contributed by atoms with Crippen LogP contribution in [0.2, 0.25) is 0 Å². The summed E-state index contributed by atoms with van der Waals surface area (Å²) in [5, 5.41) is 0.943. The zero-order valence-corrected chi connectivity index (χ0v) is 7.02. The molecule has 1 heteroatoms. The lowest BCUT2D eigenvalue weighted by Gasteiger charge is -2.01. The van der Waals surface area contributed by atoms with Crippen molar-refractivity contribution in [3.63, 3.8) is 0 Å². The van der Waals surface area contributed by atoms with E-state index in [-0.39, 0.29) is 0 Å². The highest BCUT2D eigenvalue weighted by Crippen LogP contribution is 2.12. The summed E-state index contributed by atoms with van der Waals surface area (Å²) in [6.45, 7) is 5.87. The summed E-state index contributed by atoms with van der Waals surface area (Å²) in [5.74, 6) is 0. The van der Waals surface area contributed by atoms with Crippen molar-refractivity contribution in [2.45, 2.75) is 6.92 Å². The van der Waals surface area contributed by atoms with Gasteiger partial charge in [-0.1, -0.05) is 29.5 Å². The molecule has 0 aliphatic heterocycles. The molecule has 0 bridgehead atoms. The highest BCUT2D eigenvalue weighted by molar-refractivity contribution is 6.41. The third kappa shape index (κ3) is 1.36. The maximum absolute atomic E-state index is 3.80. The van der Waals surface area contributed by atoms with E-state index in [1.807, 2.05) is 18.2 Å². The Bertz CT molecular complexity index is 251. The van der Waals surface area contributed by atoms with Crippen molar-refractivity contribution in [1.82, 2.24) is 0 Å². The minimum absolute atomic E-state index is 0.943. The van der Waals surface area contributed by atoms with Crippen molar-refractivity contribution in [3.8, 4) is 0 Å². The van der Waals surface area contributed by atoms with Crippen molar-refractivity contribution < 1.29 is 0 Å². The first-order chi connectivity index (χ1) is 4.72. The average Bonchev–Trinajstić information content (AvgIpc) is 1.88. The van der Waals surface area contributed by atoms with Crippen LogP contribution in [0.25, 0.3) is 5.20 Å². The molecule has 1 aromatic rings. The second-order valence-corrected chi connectivity index (χ2v) is 2.90. The van der Waals surface area contributed by atoms with Crippen LogP contribution in [-0.2, 0) is 0 Å². The molecule has 49 valence electrons. The van der Waals surface area contributed by atoms with Gasteiger partial charge in [-0.25, -0.2) is 0 Å². The first kappa shape index (κ1) is 7.29. The standard InChI is InChI=1S/C9H9Si/c1-7-5-3-4-6-9(7)8(2)10/h3-6H,2H2,1H3. The molecule has 0 saturated heterocycles. The number of rotatable bonds is 1. The predicted molar refractivity (Wildman–Crippen MR) is 46.0 cm³/mol. The Hall–Kier alpha value is -0.823. The summed E-state index contributed by atoms with van der Waals surface area (Å²) >= 11 is 0. The van der Waals surface area contributed by atoms with E-state index < -0.39 is 0 Å². The van der Waals surface area contributed by atoms with E-state index in [0.717, 1.165) is 5.20 Å². The van der Waals surface area contributed by atoms with Gasteiger partial charge in [0.15, 0.2) is 0 Å². The van der Waals surface area contributed by atoms with E-state index in [0.29, 0.717) is 0 Å². The van der Waals surface area contributed by atoms with Gasteiger partial charge < -0.3 is 0 Å². The Kier molecular flexibility index (Phi) is 2.07. The minimum atomic E-state index is 0.943. The molecule has 0 nitrogen and oxygen atoms in total. The maximum Gasteiger partial charge on any atom is 0.0712 e. The molecule has 0 amide bonds. The number of hydrogen-bond acceptors (Lipinski definition) is 0. The molecule has 1 aromatic carbocycles. The number of hydrogen-bond donors (Lipinski definition) is 0. The van der Waals surface area contributed by atoms with Gasteiger partial charge in [0.25, 0.3) is 0 Å². The molecule has 1 rings (SSSR count). The van der Waals surface area contributed by atoms with E-state index in [4.69, 9.17) is 0 Å². The fraction of sp³-hybridized carbons (Fsp3) is 0.111. The zero-order chi connectivity index (χ0) is 7.56. The van der Waals surface area contributed by atoms with Crippen LogP contribution in [0, 0.1) is 6.92 Å². The molecule has 0 aromatic heterocycles. The van der Waals surface area contributed by atoms with Crippen molar-refractivity contribution in [2.75, 3.05) is 0 Å². The Morgan fingerprint density at radius 3 is 2.40 bits per heavy atom. The van der Waals surface area contributed by atoms with Crippen molar-refractivity contribution in [2.24, 2.45) is 0 Å². The smallest absolute Gasteiger partial charge is 0.0712 e. The molecule has 0 fully saturated rings. The quantitative estimate of drug-likeness (QED) is 0.531. The van der Waals surface area contributed by atoms with Crippen LogP contribution in [0.1, 0.15) is 11.1 Å². The van der Waals surface area contributed by atoms with Gasteiger partial charge in [0.2, 0.25) is 0 Å². The summed E-state index contributed by atoms with van der Waals surface area (Å²) in [4.78, 5) is 0. The van der Waals surface area contributed by atoms with Crippen LogP contribution in [0.3, 0.4) is 0 Å². The monoisotopic (exact) mass is 145 g/mol. The second-order valence-electron chi connectivity index (χ2n) is 2.29. The van der Waals surface area contributed by atoms with Gasteiger partial charge in [0.1, 0.15) is 0 Å². The van der Waals surface area contributed by atoms with E-state index in [1.54, 1.807) is 0 Å². The molecular formula is C9H9Si. The lowest BCUT2D eigenvalue weighted by Crippen LogP contribution is -1.84. The molecular weight excluding hydrogens is 136 g/mol. The third-order valence-corrected chi connectivity index (χ3v) is 1.74. The molecule has 3 radical (unpaired) electrons. The number of aryl methyl sites for hydroxylation is 1. The summed E-state index contributed by atoms with van der Waals surface area (Å²) in [7, 11) is 3.39. The van der Waals surface area contributed by atoms with E-state index in [9.17, 15) is 0 Å². The Balaban J connectivity index is 3.15. The van der Waals surface area contributed by atoms with Crippen molar-refractivity contribution in [3.05, 3.63) is 42.0 Å². The van der Waals surface area contributed by atoms with Crippen LogP contribution < -0.4 is 0 Å². The third-order valence-electron chi connectivity index (χ3n) is 1.47. The molecule has 0 saturated carbocycles. The second kappa shape index (κ2) is 2.84. The number of benzene rings is 1. The van der Waals surface area contributed by atoms with Crippen LogP contribution in [0.4, 0.5) is 0 Å². The Morgan fingerprint density at radius 2 is 2.00 bits per heavy atom. The van der Waals surface area contributed by atoms with Gasteiger partial charge >= 0.3 is 0 Å². The zero-order valence-electron chi connectivity index (χ0n) is 6.02. The van der Waals surface area contributed by atoms with Gasteiger partial charge in [0, 0.05) is 0 Å². The minimum Gasteiger partial charge on any atom is -0.100 e. The van der Waals surface area contributed by atoms with Gasteiger partial charge in [-0.3, -0.25) is 0 Å². The van der Waals surface area contributed by atoms with Gasteiger partial charge in [-0.2, -0.15) is 0 Å². The highest BCUT2D eigenvalue weighted by Gasteiger charge is 1.94. The lowest BCUT2D eigenvalue weighted by atomic mass is 10.1. The van der Waals surface area contributed by atoms with Crippen molar-refractivity contribution >= 4 is 15.4 Å². The molecule has 10 heavy (non-hydrogen) atoms. The fourth-order valence-electron chi connectivity index (χ4n) is 0.911. The summed E-state index contributed by atoms with van der Waals surface area (Å²) in [6.07, 6.45) is 0. The van der Waals surface area contributed by atoms with Gasteiger partial charge in [0.05, 0.1) is 10.2 Å². The van der Waals surface area contributed by atoms with Gasteiger partial charge in [-0.15, -0.1) is 6.58 Å². The summed E-state index contributed by atoms with van der Waals surface area (Å²) in [6, 6.07) is 8.15. The van der Waals surface area contributed by atoms with Crippen LogP contribution in [0.5, 0.6) is 0 Å². The van der Waals surface area contributed by atoms with Crippen LogP contribution in [0.15, 0.2) is 30.8 Å². The van der Waals surface area contributed by atoms with Crippen molar-refractivity contribution in [1.29, 1.82) is 0 Å². The summed E-state index contributed by atoms with van der Waals surface area (Å²) < 4.78 is 0. The first-order valence-electron chi connectivity index (χ1n) is 3.18. The molecule has 0 spiro atoms. The van der Waals surface area contributed by atoms with Crippen LogP contribution in [-0.4, -0.2) is 10.2 Å². The molecule has 0 N–H and O–H groups in total. The molecule has 0 unspecified atom stereocenters. The summed E-state index contributed by atoms with van der Waals surface area (Å²) in [5.41, 5.74) is 2.43. The topological polar surface area (TPSA) is 0 Å². The molecule has 0 heterocycles. The molecule has 0 aliphatic carbocycles. The maximum atomic E-state index is 3.80. The van der Waals surface area contributed by atoms with Crippen LogP contribution >= 0.6 is 0 Å². The van der Waals surface area contributed by atoms with E-state index in [2.05, 4.69) is 29.8 Å².